The maximum Gasteiger partial charge on any atom is 0.573 e. The number of alkyl halides is 3. The third kappa shape index (κ3) is 4.89. The molecule has 1 aliphatic heterocycles. The number of likely N-dealkylation sites (tertiary alicyclic amines) is 1. The molecule has 1 aliphatic rings. The highest BCUT2D eigenvalue weighted by molar-refractivity contribution is 5.43. The maximum absolute atomic E-state index is 12.2. The van der Waals surface area contributed by atoms with Crippen LogP contribution in [0.15, 0.2) is 54.6 Å². The molecule has 0 aromatic heterocycles. The van der Waals surface area contributed by atoms with E-state index in [2.05, 4.69) is 15.0 Å². The average molecular weight is 336 g/mol. The number of hydrogen-bond donors (Lipinski definition) is 1. The van der Waals surface area contributed by atoms with Gasteiger partial charge in [-0.25, -0.2) is 0 Å². The lowest BCUT2D eigenvalue weighted by Gasteiger charge is -2.18. The van der Waals surface area contributed by atoms with E-state index in [0.29, 0.717) is 6.04 Å². The molecule has 24 heavy (non-hydrogen) atoms. The number of nitrogens with one attached hydrogen (secondary N) is 1. The van der Waals surface area contributed by atoms with Crippen molar-refractivity contribution < 1.29 is 17.9 Å². The zero-order valence-electron chi connectivity index (χ0n) is 13.1. The Hall–Kier alpha value is -2.21. The van der Waals surface area contributed by atoms with E-state index in [1.54, 1.807) is 12.1 Å². The van der Waals surface area contributed by atoms with Gasteiger partial charge in [-0.05, 0) is 36.2 Å². The van der Waals surface area contributed by atoms with Crippen LogP contribution >= 0.6 is 0 Å². The molecule has 0 aliphatic carbocycles. The first-order valence-electron chi connectivity index (χ1n) is 7.86. The molecule has 2 aromatic rings. The summed E-state index contributed by atoms with van der Waals surface area (Å²) in [5.74, 6) is -0.184. The lowest BCUT2D eigenvalue weighted by molar-refractivity contribution is -0.274. The van der Waals surface area contributed by atoms with Gasteiger partial charge in [0.1, 0.15) is 5.75 Å². The highest BCUT2D eigenvalue weighted by atomic mass is 19.4. The van der Waals surface area contributed by atoms with E-state index in [1.807, 2.05) is 30.3 Å². The normalized spacial score (nSPS) is 18.5. The molecule has 0 bridgehead atoms. The van der Waals surface area contributed by atoms with E-state index in [9.17, 15) is 13.2 Å². The van der Waals surface area contributed by atoms with Gasteiger partial charge in [-0.15, -0.1) is 13.2 Å². The van der Waals surface area contributed by atoms with Crippen LogP contribution in [0.3, 0.4) is 0 Å². The smallest absolute Gasteiger partial charge is 0.406 e. The fraction of sp³-hybridized carbons (Fsp3) is 0.333. The Labute approximate surface area is 139 Å². The number of ether oxygens (including phenoxy) is 1. The first-order valence-corrected chi connectivity index (χ1v) is 7.86. The van der Waals surface area contributed by atoms with Crippen molar-refractivity contribution in [3.63, 3.8) is 0 Å². The third-order valence-corrected chi connectivity index (χ3v) is 3.98. The minimum atomic E-state index is -4.65. The van der Waals surface area contributed by atoms with Crippen molar-refractivity contribution in [3.8, 4) is 5.75 Å². The van der Waals surface area contributed by atoms with Crippen molar-refractivity contribution in [1.82, 2.24) is 4.90 Å². The van der Waals surface area contributed by atoms with Crippen molar-refractivity contribution in [2.75, 3.05) is 18.4 Å². The molecule has 2 aromatic carbocycles. The molecule has 128 valence electrons. The van der Waals surface area contributed by atoms with Gasteiger partial charge in [-0.3, -0.25) is 4.90 Å². The van der Waals surface area contributed by atoms with Gasteiger partial charge in [0, 0.05) is 31.4 Å². The van der Waals surface area contributed by atoms with E-state index in [1.165, 1.54) is 12.1 Å². The summed E-state index contributed by atoms with van der Waals surface area (Å²) in [6, 6.07) is 16.5. The number of nitrogens with zero attached hydrogens (tertiary/aromatic N) is 1. The second-order valence-electron chi connectivity index (χ2n) is 5.92. The third-order valence-electron chi connectivity index (χ3n) is 3.98. The van der Waals surface area contributed by atoms with Crippen LogP contribution in [-0.2, 0) is 6.54 Å². The number of benzene rings is 2. The van der Waals surface area contributed by atoms with Crippen LogP contribution in [0.4, 0.5) is 18.9 Å². The molecule has 0 spiro atoms. The summed E-state index contributed by atoms with van der Waals surface area (Å²) in [7, 11) is 0. The molecule has 1 N–H and O–H groups in total. The molecular weight excluding hydrogens is 317 g/mol. The van der Waals surface area contributed by atoms with Gasteiger partial charge < -0.3 is 10.1 Å². The minimum Gasteiger partial charge on any atom is -0.406 e. The van der Waals surface area contributed by atoms with E-state index >= 15 is 0 Å². The van der Waals surface area contributed by atoms with Gasteiger partial charge in [0.05, 0.1) is 0 Å². The van der Waals surface area contributed by atoms with Gasteiger partial charge in [0.25, 0.3) is 0 Å². The lowest BCUT2D eigenvalue weighted by atomic mass is 10.2. The standard InChI is InChI=1S/C18H19F3N2O/c19-18(20,21)24-17-8-6-14(7-9-17)12-23-11-10-16(13-23)22-15-4-2-1-3-5-15/h1-9,16,22H,10-13H2. The first-order chi connectivity index (χ1) is 11.5. The van der Waals surface area contributed by atoms with Crippen molar-refractivity contribution >= 4 is 5.69 Å². The molecule has 1 unspecified atom stereocenters. The Morgan fingerprint density at radius 3 is 2.42 bits per heavy atom. The average Bonchev–Trinajstić information content (AvgIpc) is 2.96. The number of para-hydroxylation sites is 1. The molecule has 1 saturated heterocycles. The number of hydrogen-bond acceptors (Lipinski definition) is 3. The largest absolute Gasteiger partial charge is 0.573 e. The molecule has 0 radical (unpaired) electrons. The van der Waals surface area contributed by atoms with Gasteiger partial charge in [-0.1, -0.05) is 30.3 Å². The Morgan fingerprint density at radius 2 is 1.75 bits per heavy atom. The minimum absolute atomic E-state index is 0.184. The molecule has 0 saturated carbocycles. The fourth-order valence-electron chi connectivity index (χ4n) is 2.92. The Morgan fingerprint density at radius 1 is 1.04 bits per heavy atom. The number of halogens is 3. The quantitative estimate of drug-likeness (QED) is 0.882. The van der Waals surface area contributed by atoms with Crippen LogP contribution in [0.5, 0.6) is 5.75 Å². The summed E-state index contributed by atoms with van der Waals surface area (Å²) < 4.78 is 40.3. The lowest BCUT2D eigenvalue weighted by Crippen LogP contribution is -2.25. The second-order valence-corrected chi connectivity index (χ2v) is 5.92. The van der Waals surface area contributed by atoms with Crippen LogP contribution < -0.4 is 10.1 Å². The molecule has 1 heterocycles. The molecule has 1 atom stereocenters. The van der Waals surface area contributed by atoms with E-state index in [-0.39, 0.29) is 5.75 Å². The van der Waals surface area contributed by atoms with Crippen molar-refractivity contribution in [3.05, 3.63) is 60.2 Å². The maximum atomic E-state index is 12.2. The SMILES string of the molecule is FC(F)(F)Oc1ccc(CN2CCC(Nc3ccccc3)C2)cc1. The van der Waals surface area contributed by atoms with Gasteiger partial charge in [-0.2, -0.15) is 0 Å². The Balaban J connectivity index is 1.50. The molecule has 0 amide bonds. The fourth-order valence-corrected chi connectivity index (χ4v) is 2.92. The molecule has 3 nitrogen and oxygen atoms in total. The monoisotopic (exact) mass is 336 g/mol. The van der Waals surface area contributed by atoms with Crippen molar-refractivity contribution in [2.45, 2.75) is 25.4 Å². The summed E-state index contributed by atoms with van der Waals surface area (Å²) in [5, 5.41) is 3.50. The summed E-state index contributed by atoms with van der Waals surface area (Å²) in [6.45, 7) is 2.60. The first kappa shape index (κ1) is 16.6. The summed E-state index contributed by atoms with van der Waals surface area (Å²) in [5.41, 5.74) is 2.09. The Bertz CT molecular complexity index is 644. The van der Waals surface area contributed by atoms with Crippen LogP contribution in [0.2, 0.25) is 0 Å². The van der Waals surface area contributed by atoms with Gasteiger partial charge >= 0.3 is 6.36 Å². The van der Waals surface area contributed by atoms with Crippen LogP contribution in [-0.4, -0.2) is 30.4 Å². The predicted molar refractivity (Wildman–Crippen MR) is 86.9 cm³/mol. The second kappa shape index (κ2) is 7.13. The predicted octanol–water partition coefficient (Wildman–Crippen LogP) is 4.27. The van der Waals surface area contributed by atoms with E-state index in [4.69, 9.17) is 0 Å². The van der Waals surface area contributed by atoms with E-state index in [0.717, 1.165) is 37.3 Å². The topological polar surface area (TPSA) is 24.5 Å². The number of anilines is 1. The summed E-state index contributed by atoms with van der Waals surface area (Å²) >= 11 is 0. The van der Waals surface area contributed by atoms with Gasteiger partial charge in [0.2, 0.25) is 0 Å². The van der Waals surface area contributed by atoms with E-state index < -0.39 is 6.36 Å². The zero-order chi connectivity index (χ0) is 17.0. The Kier molecular flexibility index (Phi) is 4.94. The summed E-state index contributed by atoms with van der Waals surface area (Å²) in [4.78, 5) is 2.29. The van der Waals surface area contributed by atoms with Crippen LogP contribution in [0, 0.1) is 0 Å². The van der Waals surface area contributed by atoms with Crippen LogP contribution in [0.1, 0.15) is 12.0 Å². The van der Waals surface area contributed by atoms with Crippen molar-refractivity contribution in [2.24, 2.45) is 0 Å². The highest BCUT2D eigenvalue weighted by Gasteiger charge is 2.31. The molecular formula is C18H19F3N2O. The summed E-state index contributed by atoms with van der Waals surface area (Å²) in [6.07, 6.45) is -3.60. The van der Waals surface area contributed by atoms with Gasteiger partial charge in [0.15, 0.2) is 0 Å². The molecule has 6 heteroatoms. The molecule has 1 fully saturated rings. The number of rotatable bonds is 5. The van der Waals surface area contributed by atoms with Crippen LogP contribution in [0.25, 0.3) is 0 Å². The highest BCUT2D eigenvalue weighted by Crippen LogP contribution is 2.24. The van der Waals surface area contributed by atoms with Crippen molar-refractivity contribution in [1.29, 1.82) is 0 Å². The zero-order valence-corrected chi connectivity index (χ0v) is 13.1. The molecule has 3 rings (SSSR count).